The maximum atomic E-state index is 13.0. The fraction of sp³-hybridized carbons (Fsp3) is 0.722. The first kappa shape index (κ1) is 20.4. The molecule has 8 nitrogen and oxygen atoms in total. The Bertz CT molecular complexity index is 612. The highest BCUT2D eigenvalue weighted by atomic mass is 16.3. The molecule has 2 heterocycles. The van der Waals surface area contributed by atoms with Crippen molar-refractivity contribution in [2.75, 3.05) is 26.2 Å². The summed E-state index contributed by atoms with van der Waals surface area (Å²) in [5.41, 5.74) is 0. The Labute approximate surface area is 155 Å². The van der Waals surface area contributed by atoms with Crippen LogP contribution in [0.25, 0.3) is 0 Å². The van der Waals surface area contributed by atoms with Gasteiger partial charge in [-0.2, -0.15) is 0 Å². The molecule has 0 saturated carbocycles. The van der Waals surface area contributed by atoms with Crippen molar-refractivity contribution in [3.8, 4) is 0 Å². The summed E-state index contributed by atoms with van der Waals surface area (Å²) in [5, 5.41) is 11.8. The van der Waals surface area contributed by atoms with Gasteiger partial charge in [-0.05, 0) is 34.1 Å². The number of aliphatic hydroxyl groups excluding tert-OH is 1. The highest BCUT2D eigenvalue weighted by Gasteiger charge is 2.39. The second kappa shape index (κ2) is 9.14. The molecule has 1 saturated heterocycles. The highest BCUT2D eigenvalue weighted by molar-refractivity contribution is 5.83. The van der Waals surface area contributed by atoms with E-state index in [1.165, 1.54) is 0 Å². The van der Waals surface area contributed by atoms with Crippen molar-refractivity contribution >= 4 is 11.8 Å². The Balaban J connectivity index is 2.19. The van der Waals surface area contributed by atoms with Gasteiger partial charge in [0.1, 0.15) is 12.4 Å². The van der Waals surface area contributed by atoms with Crippen molar-refractivity contribution < 1.29 is 14.7 Å². The maximum absolute atomic E-state index is 13.0. The third kappa shape index (κ3) is 4.62. The Morgan fingerprint density at radius 3 is 2.65 bits per heavy atom. The fourth-order valence-corrected chi connectivity index (χ4v) is 3.58. The summed E-state index contributed by atoms with van der Waals surface area (Å²) in [6, 6.07) is -0.158. The molecule has 26 heavy (non-hydrogen) atoms. The van der Waals surface area contributed by atoms with Crippen LogP contribution in [-0.2, 0) is 16.1 Å². The summed E-state index contributed by atoms with van der Waals surface area (Å²) in [5.74, 6) is 0.583. The molecule has 2 atom stereocenters. The molecule has 2 amide bonds. The lowest BCUT2D eigenvalue weighted by Crippen LogP contribution is -2.45. The van der Waals surface area contributed by atoms with Crippen molar-refractivity contribution in [1.82, 2.24) is 24.7 Å². The van der Waals surface area contributed by atoms with E-state index in [1.54, 1.807) is 6.20 Å². The molecule has 1 aliphatic rings. The minimum atomic E-state index is -0.539. The Kier molecular flexibility index (Phi) is 7.16. The van der Waals surface area contributed by atoms with Crippen LogP contribution in [-0.4, -0.2) is 74.6 Å². The zero-order chi connectivity index (χ0) is 19.3. The van der Waals surface area contributed by atoms with Crippen LogP contribution in [0.15, 0.2) is 12.4 Å². The molecular formula is C18H31N5O3. The zero-order valence-electron chi connectivity index (χ0n) is 16.2. The number of imidazole rings is 1. The lowest BCUT2D eigenvalue weighted by atomic mass is 10.1. The van der Waals surface area contributed by atoms with Crippen LogP contribution in [0.4, 0.5) is 0 Å². The first-order chi connectivity index (χ1) is 12.4. The molecule has 0 bridgehead atoms. The van der Waals surface area contributed by atoms with Gasteiger partial charge in [0.05, 0.1) is 12.6 Å². The molecular weight excluding hydrogens is 334 g/mol. The van der Waals surface area contributed by atoms with Gasteiger partial charge < -0.3 is 19.9 Å². The van der Waals surface area contributed by atoms with Crippen LogP contribution >= 0.6 is 0 Å². The molecule has 8 heteroatoms. The van der Waals surface area contributed by atoms with Crippen LogP contribution in [0, 0.1) is 0 Å². The second-order valence-corrected chi connectivity index (χ2v) is 6.96. The summed E-state index contributed by atoms with van der Waals surface area (Å²) >= 11 is 0. The SMILES string of the molecule is CCN(CC)C(=O)[C@@H]1C[C@H](NC(=O)CO)CN1Cc1nccn1C(C)C. The van der Waals surface area contributed by atoms with E-state index in [9.17, 15) is 9.59 Å². The van der Waals surface area contributed by atoms with Gasteiger partial charge in [-0.25, -0.2) is 4.98 Å². The van der Waals surface area contributed by atoms with E-state index in [0.717, 1.165) is 5.82 Å². The number of likely N-dealkylation sites (tertiary alicyclic amines) is 1. The Hall–Kier alpha value is -1.93. The summed E-state index contributed by atoms with van der Waals surface area (Å²) in [7, 11) is 0. The molecule has 1 aromatic rings. The monoisotopic (exact) mass is 365 g/mol. The first-order valence-corrected chi connectivity index (χ1v) is 9.35. The summed E-state index contributed by atoms with van der Waals surface area (Å²) < 4.78 is 2.10. The third-order valence-electron chi connectivity index (χ3n) is 4.92. The minimum absolute atomic E-state index is 0.0819. The summed E-state index contributed by atoms with van der Waals surface area (Å²) in [6.45, 7) is 10.0. The number of likely N-dealkylation sites (N-methyl/N-ethyl adjacent to an activating group) is 1. The molecule has 1 aromatic heterocycles. The summed E-state index contributed by atoms with van der Waals surface area (Å²) in [4.78, 5) is 32.9. The predicted octanol–water partition coefficient (Wildman–Crippen LogP) is 0.384. The van der Waals surface area contributed by atoms with Gasteiger partial charge in [0.25, 0.3) is 0 Å². The molecule has 1 fully saturated rings. The quantitative estimate of drug-likeness (QED) is 0.695. The van der Waals surface area contributed by atoms with Crippen LogP contribution < -0.4 is 5.32 Å². The molecule has 1 aliphatic heterocycles. The molecule has 146 valence electrons. The Morgan fingerprint density at radius 2 is 2.08 bits per heavy atom. The van der Waals surface area contributed by atoms with Gasteiger partial charge in [-0.3, -0.25) is 14.5 Å². The standard InChI is InChI=1S/C18H31N5O3/c1-5-21(6-2)18(26)15-9-14(20-17(25)12-24)10-22(15)11-16-19-7-8-23(16)13(3)4/h7-8,13-15,24H,5-6,9-12H2,1-4H3,(H,20,25)/t14-,15-/m0/s1. The number of carbonyl (C=O) groups excluding carboxylic acids is 2. The van der Waals surface area contributed by atoms with E-state index in [0.29, 0.717) is 32.6 Å². The number of hydrogen-bond donors (Lipinski definition) is 2. The van der Waals surface area contributed by atoms with E-state index in [2.05, 4.69) is 33.6 Å². The van der Waals surface area contributed by atoms with Crippen LogP contribution in [0.1, 0.15) is 46.0 Å². The van der Waals surface area contributed by atoms with Crippen molar-refractivity contribution in [2.24, 2.45) is 0 Å². The number of aromatic nitrogens is 2. The number of hydrogen-bond acceptors (Lipinski definition) is 5. The third-order valence-corrected chi connectivity index (χ3v) is 4.92. The summed E-state index contributed by atoms with van der Waals surface area (Å²) in [6.07, 6.45) is 4.27. The van der Waals surface area contributed by atoms with Crippen molar-refractivity contribution in [1.29, 1.82) is 0 Å². The van der Waals surface area contributed by atoms with E-state index < -0.39 is 12.5 Å². The van der Waals surface area contributed by atoms with Gasteiger partial charge in [0, 0.05) is 44.1 Å². The highest BCUT2D eigenvalue weighted by Crippen LogP contribution is 2.23. The maximum Gasteiger partial charge on any atom is 0.245 e. The molecule has 2 N–H and O–H groups in total. The predicted molar refractivity (Wildman–Crippen MR) is 98.4 cm³/mol. The van der Waals surface area contributed by atoms with Crippen LogP contribution in [0.2, 0.25) is 0 Å². The lowest BCUT2D eigenvalue weighted by molar-refractivity contribution is -0.135. The molecule has 2 rings (SSSR count). The normalized spacial score (nSPS) is 20.5. The molecule has 0 aromatic carbocycles. The lowest BCUT2D eigenvalue weighted by Gasteiger charge is -2.28. The average molecular weight is 365 g/mol. The average Bonchev–Trinajstić information content (AvgIpc) is 3.23. The van der Waals surface area contributed by atoms with Crippen LogP contribution in [0.5, 0.6) is 0 Å². The van der Waals surface area contributed by atoms with E-state index in [4.69, 9.17) is 5.11 Å². The van der Waals surface area contributed by atoms with Crippen molar-refractivity contribution in [2.45, 2.75) is 58.8 Å². The van der Waals surface area contributed by atoms with Crippen molar-refractivity contribution in [3.05, 3.63) is 18.2 Å². The van der Waals surface area contributed by atoms with Gasteiger partial charge in [0.2, 0.25) is 11.8 Å². The smallest absolute Gasteiger partial charge is 0.245 e. The van der Waals surface area contributed by atoms with Gasteiger partial charge in [-0.1, -0.05) is 0 Å². The van der Waals surface area contributed by atoms with Gasteiger partial charge >= 0.3 is 0 Å². The topological polar surface area (TPSA) is 90.7 Å². The Morgan fingerprint density at radius 1 is 1.38 bits per heavy atom. The van der Waals surface area contributed by atoms with Gasteiger partial charge in [-0.15, -0.1) is 0 Å². The van der Waals surface area contributed by atoms with Crippen molar-refractivity contribution in [3.63, 3.8) is 0 Å². The number of nitrogens with one attached hydrogen (secondary N) is 1. The van der Waals surface area contributed by atoms with E-state index in [-0.39, 0.29) is 24.0 Å². The van der Waals surface area contributed by atoms with Crippen LogP contribution in [0.3, 0.4) is 0 Å². The molecule has 0 spiro atoms. The number of aliphatic hydroxyl groups is 1. The zero-order valence-corrected chi connectivity index (χ0v) is 16.2. The van der Waals surface area contributed by atoms with Gasteiger partial charge in [0.15, 0.2) is 0 Å². The van der Waals surface area contributed by atoms with E-state index >= 15 is 0 Å². The number of nitrogens with zero attached hydrogens (tertiary/aromatic N) is 4. The largest absolute Gasteiger partial charge is 0.387 e. The minimum Gasteiger partial charge on any atom is -0.387 e. The fourth-order valence-electron chi connectivity index (χ4n) is 3.58. The number of carbonyl (C=O) groups is 2. The van der Waals surface area contributed by atoms with E-state index in [1.807, 2.05) is 24.9 Å². The second-order valence-electron chi connectivity index (χ2n) is 6.96. The molecule has 0 radical (unpaired) electrons. The number of amides is 2. The molecule has 0 aliphatic carbocycles. The molecule has 0 unspecified atom stereocenters. The number of rotatable bonds is 8. The first-order valence-electron chi connectivity index (χ1n) is 9.35.